The molecule has 1 rings (SSSR count). The number of aryl methyl sites for hydroxylation is 2. The van der Waals surface area contributed by atoms with Crippen LogP contribution in [0.2, 0.25) is 0 Å². The average Bonchev–Trinajstić information content (AvgIpc) is 2.17. The number of benzene rings is 1. The van der Waals surface area contributed by atoms with Crippen molar-refractivity contribution in [3.8, 4) is 0 Å². The molecule has 1 nitrogen and oxygen atoms in total. The Balaban J connectivity index is 2.50. The minimum Gasteiger partial charge on any atom is -0.319 e. The molecule has 84 valence electrons. The van der Waals surface area contributed by atoms with Gasteiger partial charge in [0.1, 0.15) is 5.82 Å². The van der Waals surface area contributed by atoms with Gasteiger partial charge in [0.05, 0.1) is 0 Å². The minimum atomic E-state index is -0.139. The summed E-state index contributed by atoms with van der Waals surface area (Å²) in [6.07, 6.45) is 2.18. The third-order valence-electron chi connectivity index (χ3n) is 2.76. The maximum atomic E-state index is 12.9. The Labute approximate surface area is 91.7 Å². The molecule has 0 aliphatic rings. The summed E-state index contributed by atoms with van der Waals surface area (Å²) < 4.78 is 12.9. The molecule has 0 bridgehead atoms. The molecule has 0 aromatic heterocycles. The van der Waals surface area contributed by atoms with Gasteiger partial charge in [0.2, 0.25) is 0 Å². The van der Waals surface area contributed by atoms with E-state index in [9.17, 15) is 4.39 Å². The van der Waals surface area contributed by atoms with E-state index in [1.807, 2.05) is 20.0 Å². The second-order valence-electron chi connectivity index (χ2n) is 4.27. The van der Waals surface area contributed by atoms with Crippen LogP contribution < -0.4 is 5.32 Å². The molecule has 1 aromatic carbocycles. The summed E-state index contributed by atoms with van der Waals surface area (Å²) in [5.74, 6) is 0.527. The largest absolute Gasteiger partial charge is 0.319 e. The lowest BCUT2D eigenvalue weighted by Gasteiger charge is -2.11. The van der Waals surface area contributed by atoms with Crippen LogP contribution in [0.25, 0.3) is 0 Å². The predicted molar refractivity (Wildman–Crippen MR) is 62.5 cm³/mol. The van der Waals surface area contributed by atoms with E-state index in [0.29, 0.717) is 5.92 Å². The molecule has 1 unspecified atom stereocenters. The van der Waals surface area contributed by atoms with Gasteiger partial charge in [-0.3, -0.25) is 0 Å². The van der Waals surface area contributed by atoms with Gasteiger partial charge in [0.25, 0.3) is 0 Å². The number of rotatable bonds is 5. The summed E-state index contributed by atoms with van der Waals surface area (Å²) >= 11 is 0. The molecule has 0 heterocycles. The van der Waals surface area contributed by atoms with Gasteiger partial charge in [-0.05, 0) is 62.5 Å². The summed E-state index contributed by atoms with van der Waals surface area (Å²) in [5.41, 5.74) is 2.33. The zero-order chi connectivity index (χ0) is 11.3. The van der Waals surface area contributed by atoms with Gasteiger partial charge in [-0.25, -0.2) is 4.39 Å². The van der Waals surface area contributed by atoms with Gasteiger partial charge in [-0.15, -0.1) is 0 Å². The van der Waals surface area contributed by atoms with Crippen molar-refractivity contribution in [3.05, 3.63) is 35.1 Å². The Kier molecular flexibility index (Phi) is 4.76. The van der Waals surface area contributed by atoms with E-state index in [-0.39, 0.29) is 5.82 Å². The van der Waals surface area contributed by atoms with Gasteiger partial charge in [-0.1, -0.05) is 13.0 Å². The van der Waals surface area contributed by atoms with E-state index < -0.39 is 0 Å². The fourth-order valence-corrected chi connectivity index (χ4v) is 1.79. The highest BCUT2D eigenvalue weighted by Gasteiger charge is 2.04. The van der Waals surface area contributed by atoms with Crippen LogP contribution in [0.15, 0.2) is 18.2 Å². The van der Waals surface area contributed by atoms with Crippen molar-refractivity contribution >= 4 is 0 Å². The van der Waals surface area contributed by atoms with Crippen LogP contribution in [0.5, 0.6) is 0 Å². The monoisotopic (exact) mass is 209 g/mol. The highest BCUT2D eigenvalue weighted by molar-refractivity contribution is 5.26. The van der Waals surface area contributed by atoms with Gasteiger partial charge in [-0.2, -0.15) is 0 Å². The second-order valence-corrected chi connectivity index (χ2v) is 4.27. The molecule has 0 amide bonds. The van der Waals surface area contributed by atoms with Crippen molar-refractivity contribution in [1.29, 1.82) is 0 Å². The zero-order valence-corrected chi connectivity index (χ0v) is 9.81. The zero-order valence-electron chi connectivity index (χ0n) is 9.81. The maximum absolute atomic E-state index is 12.9. The van der Waals surface area contributed by atoms with E-state index >= 15 is 0 Å². The number of halogens is 1. The Bertz CT molecular complexity index is 309. The molecule has 0 aliphatic heterocycles. The van der Waals surface area contributed by atoms with E-state index in [4.69, 9.17) is 0 Å². The lowest BCUT2D eigenvalue weighted by molar-refractivity contribution is 0.504. The first-order valence-electron chi connectivity index (χ1n) is 5.53. The molecule has 0 radical (unpaired) electrons. The molecule has 2 heteroatoms. The number of nitrogens with one attached hydrogen (secondary N) is 1. The maximum Gasteiger partial charge on any atom is 0.123 e. The highest BCUT2D eigenvalue weighted by atomic mass is 19.1. The van der Waals surface area contributed by atoms with Crippen LogP contribution in [-0.2, 0) is 6.42 Å². The van der Waals surface area contributed by atoms with Crippen LogP contribution in [0.1, 0.15) is 24.5 Å². The summed E-state index contributed by atoms with van der Waals surface area (Å²) in [7, 11) is 1.97. The van der Waals surface area contributed by atoms with Crippen LogP contribution in [0, 0.1) is 18.7 Å². The van der Waals surface area contributed by atoms with E-state index in [1.54, 1.807) is 12.1 Å². The quantitative estimate of drug-likeness (QED) is 0.786. The van der Waals surface area contributed by atoms with Crippen molar-refractivity contribution in [2.45, 2.75) is 26.7 Å². The van der Waals surface area contributed by atoms with E-state index in [2.05, 4.69) is 12.2 Å². The molecule has 0 fully saturated rings. The first-order valence-corrected chi connectivity index (χ1v) is 5.53. The Morgan fingerprint density at radius 1 is 1.40 bits per heavy atom. The SMILES string of the molecule is CNCC(C)CCc1ccc(F)cc1C. The molecule has 0 aliphatic carbocycles. The molecule has 0 saturated carbocycles. The molecule has 1 atom stereocenters. The summed E-state index contributed by atoms with van der Waals surface area (Å²) in [6.45, 7) is 5.25. The van der Waals surface area contributed by atoms with Gasteiger partial charge in [0.15, 0.2) is 0 Å². The lowest BCUT2D eigenvalue weighted by Crippen LogP contribution is -2.16. The van der Waals surface area contributed by atoms with Crippen molar-refractivity contribution in [3.63, 3.8) is 0 Å². The fraction of sp³-hybridized carbons (Fsp3) is 0.538. The average molecular weight is 209 g/mol. The third kappa shape index (κ3) is 4.00. The molecule has 1 aromatic rings. The number of hydrogen-bond acceptors (Lipinski definition) is 1. The smallest absolute Gasteiger partial charge is 0.123 e. The van der Waals surface area contributed by atoms with Gasteiger partial charge < -0.3 is 5.32 Å². The molecular formula is C13H20FN. The first-order chi connectivity index (χ1) is 7.13. The standard InChI is InChI=1S/C13H20FN/c1-10(9-15-3)4-5-12-6-7-13(14)8-11(12)2/h6-8,10,15H,4-5,9H2,1-3H3. The molecule has 0 spiro atoms. The van der Waals surface area contributed by atoms with Crippen molar-refractivity contribution in [2.24, 2.45) is 5.92 Å². The topological polar surface area (TPSA) is 12.0 Å². The van der Waals surface area contributed by atoms with E-state index in [1.165, 1.54) is 5.56 Å². The normalized spacial score (nSPS) is 12.8. The Hall–Kier alpha value is -0.890. The Morgan fingerprint density at radius 2 is 2.13 bits per heavy atom. The minimum absolute atomic E-state index is 0.139. The summed E-state index contributed by atoms with van der Waals surface area (Å²) in [6, 6.07) is 5.06. The fourth-order valence-electron chi connectivity index (χ4n) is 1.79. The van der Waals surface area contributed by atoms with Crippen molar-refractivity contribution in [1.82, 2.24) is 5.32 Å². The van der Waals surface area contributed by atoms with Gasteiger partial charge >= 0.3 is 0 Å². The second kappa shape index (κ2) is 5.86. The lowest BCUT2D eigenvalue weighted by atomic mass is 9.98. The van der Waals surface area contributed by atoms with Crippen LogP contribution >= 0.6 is 0 Å². The van der Waals surface area contributed by atoms with Crippen LogP contribution in [0.4, 0.5) is 4.39 Å². The molecular weight excluding hydrogens is 189 g/mol. The van der Waals surface area contributed by atoms with Gasteiger partial charge in [0, 0.05) is 0 Å². The molecule has 0 saturated heterocycles. The summed E-state index contributed by atoms with van der Waals surface area (Å²) in [5, 5.41) is 3.17. The van der Waals surface area contributed by atoms with Crippen molar-refractivity contribution < 1.29 is 4.39 Å². The number of hydrogen-bond donors (Lipinski definition) is 1. The van der Waals surface area contributed by atoms with Crippen molar-refractivity contribution in [2.75, 3.05) is 13.6 Å². The highest BCUT2D eigenvalue weighted by Crippen LogP contribution is 2.14. The van der Waals surface area contributed by atoms with Crippen LogP contribution in [0.3, 0.4) is 0 Å². The Morgan fingerprint density at radius 3 is 2.73 bits per heavy atom. The first kappa shape index (κ1) is 12.2. The van der Waals surface area contributed by atoms with E-state index in [0.717, 1.165) is 24.9 Å². The molecule has 1 N–H and O–H groups in total. The molecule has 15 heavy (non-hydrogen) atoms. The third-order valence-corrected chi connectivity index (χ3v) is 2.76. The summed E-state index contributed by atoms with van der Waals surface area (Å²) in [4.78, 5) is 0. The predicted octanol–water partition coefficient (Wildman–Crippen LogP) is 2.92. The van der Waals surface area contributed by atoms with Crippen LogP contribution in [-0.4, -0.2) is 13.6 Å².